The second-order valence-corrected chi connectivity index (χ2v) is 6.89. The first-order valence-corrected chi connectivity index (χ1v) is 8.28. The lowest BCUT2D eigenvalue weighted by Crippen LogP contribution is -2.09. The SMILES string of the molecule is O=C(O)c1ccc(Cl)c(S(=O)(=O)CCCCCCO)c1. The van der Waals surface area contributed by atoms with Crippen LogP contribution in [0.3, 0.4) is 0 Å². The molecule has 2 N–H and O–H groups in total. The van der Waals surface area contributed by atoms with Gasteiger partial charge in [0.05, 0.1) is 21.2 Å². The van der Waals surface area contributed by atoms with Gasteiger partial charge in [0, 0.05) is 6.61 Å². The van der Waals surface area contributed by atoms with Crippen molar-refractivity contribution in [1.82, 2.24) is 0 Å². The third-order valence-corrected chi connectivity index (χ3v) is 5.11. The Morgan fingerprint density at radius 3 is 2.40 bits per heavy atom. The van der Waals surface area contributed by atoms with Crippen molar-refractivity contribution in [3.05, 3.63) is 28.8 Å². The highest BCUT2D eigenvalue weighted by molar-refractivity contribution is 7.91. The predicted molar refractivity (Wildman–Crippen MR) is 76.0 cm³/mol. The van der Waals surface area contributed by atoms with E-state index in [0.29, 0.717) is 19.3 Å². The Labute approximate surface area is 123 Å². The first kappa shape index (κ1) is 16.9. The molecule has 20 heavy (non-hydrogen) atoms. The number of aliphatic hydroxyl groups excluding tert-OH is 1. The molecule has 0 aliphatic rings. The van der Waals surface area contributed by atoms with E-state index >= 15 is 0 Å². The molecular formula is C13H17ClO5S. The van der Waals surface area contributed by atoms with Crippen LogP contribution in [-0.4, -0.2) is 37.0 Å². The Morgan fingerprint density at radius 1 is 1.15 bits per heavy atom. The molecule has 0 saturated heterocycles. The number of rotatable bonds is 8. The predicted octanol–water partition coefficient (Wildman–Crippen LogP) is 2.36. The van der Waals surface area contributed by atoms with E-state index in [1.165, 1.54) is 12.1 Å². The first-order chi connectivity index (χ1) is 9.38. The minimum atomic E-state index is -3.59. The Bertz CT molecular complexity index is 568. The molecule has 0 bridgehead atoms. The topological polar surface area (TPSA) is 91.7 Å². The number of halogens is 1. The van der Waals surface area contributed by atoms with E-state index in [4.69, 9.17) is 21.8 Å². The molecule has 0 aliphatic heterocycles. The highest BCUT2D eigenvalue weighted by Gasteiger charge is 2.19. The maximum atomic E-state index is 12.1. The van der Waals surface area contributed by atoms with Gasteiger partial charge in [-0.2, -0.15) is 0 Å². The fourth-order valence-electron chi connectivity index (χ4n) is 1.74. The molecule has 0 atom stereocenters. The lowest BCUT2D eigenvalue weighted by atomic mass is 10.2. The van der Waals surface area contributed by atoms with Crippen molar-refractivity contribution in [2.75, 3.05) is 12.4 Å². The van der Waals surface area contributed by atoms with Crippen molar-refractivity contribution >= 4 is 27.4 Å². The van der Waals surface area contributed by atoms with Gasteiger partial charge in [-0.15, -0.1) is 0 Å². The van der Waals surface area contributed by atoms with Crippen molar-refractivity contribution in [3.8, 4) is 0 Å². The monoisotopic (exact) mass is 320 g/mol. The Morgan fingerprint density at radius 2 is 1.80 bits per heavy atom. The number of carboxylic acid groups (broad SMARTS) is 1. The molecule has 1 aromatic carbocycles. The zero-order valence-electron chi connectivity index (χ0n) is 10.9. The van der Waals surface area contributed by atoms with Gasteiger partial charge in [-0.05, 0) is 31.0 Å². The van der Waals surface area contributed by atoms with E-state index in [9.17, 15) is 13.2 Å². The second-order valence-electron chi connectivity index (χ2n) is 4.41. The molecule has 0 amide bonds. The standard InChI is InChI=1S/C13H17ClO5S/c14-11-6-5-10(13(16)17)9-12(11)20(18,19)8-4-2-1-3-7-15/h5-6,9,15H,1-4,7-8H2,(H,16,17). The highest BCUT2D eigenvalue weighted by atomic mass is 35.5. The summed E-state index contributed by atoms with van der Waals surface area (Å²) in [5, 5.41) is 17.5. The summed E-state index contributed by atoms with van der Waals surface area (Å²) in [7, 11) is -3.59. The molecule has 1 aromatic rings. The van der Waals surface area contributed by atoms with Gasteiger partial charge in [-0.1, -0.05) is 24.4 Å². The summed E-state index contributed by atoms with van der Waals surface area (Å²) in [6.45, 7) is 0.0965. The van der Waals surface area contributed by atoms with E-state index < -0.39 is 15.8 Å². The fraction of sp³-hybridized carbons (Fsp3) is 0.462. The summed E-state index contributed by atoms with van der Waals surface area (Å²) in [5.41, 5.74) is -0.103. The summed E-state index contributed by atoms with van der Waals surface area (Å²) >= 11 is 5.84. The maximum Gasteiger partial charge on any atom is 0.335 e. The maximum absolute atomic E-state index is 12.1. The van der Waals surface area contributed by atoms with E-state index in [-0.39, 0.29) is 27.8 Å². The van der Waals surface area contributed by atoms with Gasteiger partial charge in [0.1, 0.15) is 0 Å². The minimum Gasteiger partial charge on any atom is -0.478 e. The molecule has 0 aromatic heterocycles. The molecule has 0 heterocycles. The zero-order chi connectivity index (χ0) is 15.2. The molecule has 0 aliphatic carbocycles. The van der Waals surface area contributed by atoms with Crippen molar-refractivity contribution in [1.29, 1.82) is 0 Å². The fourth-order valence-corrected chi connectivity index (χ4v) is 3.69. The van der Waals surface area contributed by atoms with E-state index in [2.05, 4.69) is 0 Å². The van der Waals surface area contributed by atoms with Crippen LogP contribution in [0, 0.1) is 0 Å². The molecule has 1 rings (SSSR count). The summed E-state index contributed by atoms with van der Waals surface area (Å²) < 4.78 is 24.3. The average Bonchev–Trinajstić information content (AvgIpc) is 2.38. The summed E-state index contributed by atoms with van der Waals surface area (Å²) in [4.78, 5) is 10.7. The Hall–Kier alpha value is -1.11. The van der Waals surface area contributed by atoms with Crippen molar-refractivity contribution < 1.29 is 23.4 Å². The number of carbonyl (C=O) groups is 1. The number of carboxylic acids is 1. The van der Waals surface area contributed by atoms with Crippen molar-refractivity contribution in [2.45, 2.75) is 30.6 Å². The number of aliphatic hydroxyl groups is 1. The number of benzene rings is 1. The molecule has 0 unspecified atom stereocenters. The molecule has 0 spiro atoms. The molecule has 7 heteroatoms. The van der Waals surface area contributed by atoms with Crippen LogP contribution in [0.2, 0.25) is 5.02 Å². The van der Waals surface area contributed by atoms with Crippen LogP contribution in [-0.2, 0) is 9.84 Å². The molecule has 5 nitrogen and oxygen atoms in total. The van der Waals surface area contributed by atoms with E-state index in [1.54, 1.807) is 0 Å². The summed E-state index contributed by atoms with van der Waals surface area (Å²) in [6.07, 6.45) is 2.55. The summed E-state index contributed by atoms with van der Waals surface area (Å²) in [5.74, 6) is -1.28. The van der Waals surface area contributed by atoms with Crippen LogP contribution >= 0.6 is 11.6 Å². The van der Waals surface area contributed by atoms with Gasteiger partial charge < -0.3 is 10.2 Å². The van der Waals surface area contributed by atoms with Crippen LogP contribution < -0.4 is 0 Å². The Balaban J connectivity index is 2.81. The lowest BCUT2D eigenvalue weighted by molar-refractivity contribution is 0.0696. The van der Waals surface area contributed by atoms with Gasteiger partial charge in [0.2, 0.25) is 0 Å². The van der Waals surface area contributed by atoms with Gasteiger partial charge in [0.25, 0.3) is 0 Å². The van der Waals surface area contributed by atoms with Gasteiger partial charge >= 0.3 is 5.97 Å². The van der Waals surface area contributed by atoms with E-state index in [0.717, 1.165) is 12.5 Å². The molecule has 0 radical (unpaired) electrons. The summed E-state index contributed by atoms with van der Waals surface area (Å²) in [6, 6.07) is 3.64. The lowest BCUT2D eigenvalue weighted by Gasteiger charge is -2.07. The third kappa shape index (κ3) is 4.77. The second kappa shape index (κ2) is 7.61. The largest absolute Gasteiger partial charge is 0.478 e. The average molecular weight is 321 g/mol. The smallest absolute Gasteiger partial charge is 0.335 e. The molecular weight excluding hydrogens is 304 g/mol. The van der Waals surface area contributed by atoms with Crippen molar-refractivity contribution in [3.63, 3.8) is 0 Å². The normalized spacial score (nSPS) is 11.5. The number of unbranched alkanes of at least 4 members (excludes halogenated alkanes) is 3. The molecule has 0 saturated carbocycles. The number of sulfone groups is 1. The van der Waals surface area contributed by atoms with Gasteiger partial charge in [0.15, 0.2) is 9.84 Å². The van der Waals surface area contributed by atoms with E-state index in [1.807, 2.05) is 0 Å². The van der Waals surface area contributed by atoms with Crippen LogP contribution in [0.4, 0.5) is 0 Å². The zero-order valence-corrected chi connectivity index (χ0v) is 12.5. The van der Waals surface area contributed by atoms with Gasteiger partial charge in [-0.25, -0.2) is 13.2 Å². The number of hydrogen-bond donors (Lipinski definition) is 2. The third-order valence-electron chi connectivity index (χ3n) is 2.83. The van der Waals surface area contributed by atoms with Crippen LogP contribution in [0.25, 0.3) is 0 Å². The number of hydrogen-bond acceptors (Lipinski definition) is 4. The molecule has 0 fully saturated rings. The van der Waals surface area contributed by atoms with Crippen molar-refractivity contribution in [2.24, 2.45) is 0 Å². The minimum absolute atomic E-state index is 0.0327. The van der Waals surface area contributed by atoms with Crippen LogP contribution in [0.1, 0.15) is 36.0 Å². The van der Waals surface area contributed by atoms with Gasteiger partial charge in [-0.3, -0.25) is 0 Å². The van der Waals surface area contributed by atoms with Crippen LogP contribution in [0.15, 0.2) is 23.1 Å². The Kier molecular flexibility index (Phi) is 6.45. The molecule has 112 valence electrons. The number of aromatic carboxylic acids is 1. The quantitative estimate of drug-likeness (QED) is 0.717. The highest BCUT2D eigenvalue weighted by Crippen LogP contribution is 2.24. The first-order valence-electron chi connectivity index (χ1n) is 6.25. The van der Waals surface area contributed by atoms with Crippen LogP contribution in [0.5, 0.6) is 0 Å².